The molecule has 0 bridgehead atoms. The molecule has 0 aliphatic carbocycles. The summed E-state index contributed by atoms with van der Waals surface area (Å²) in [4.78, 5) is 18.6. The molecule has 1 aromatic heterocycles. The molecule has 0 amide bonds. The van der Waals surface area contributed by atoms with Crippen LogP contribution in [0.5, 0.6) is 0 Å². The molecule has 146 valence electrons. The maximum absolute atomic E-state index is 12.3. The van der Waals surface area contributed by atoms with Crippen LogP contribution in [0.1, 0.15) is 23.8 Å². The topological polar surface area (TPSA) is 56.8 Å². The number of aryl methyl sites for hydroxylation is 1. The molecule has 0 spiro atoms. The van der Waals surface area contributed by atoms with Crippen molar-refractivity contribution in [1.82, 2.24) is 5.48 Å². The summed E-state index contributed by atoms with van der Waals surface area (Å²) in [5.74, 6) is 0.396. The number of nitrogens with one attached hydrogen (secondary N) is 1. The van der Waals surface area contributed by atoms with Crippen molar-refractivity contribution in [2.24, 2.45) is 0 Å². The van der Waals surface area contributed by atoms with E-state index in [9.17, 15) is 4.79 Å². The zero-order chi connectivity index (χ0) is 19.9. The Morgan fingerprint density at radius 3 is 2.82 bits per heavy atom. The number of thiophene rings is 1. The molecule has 2 heterocycles. The Labute approximate surface area is 168 Å². The largest absolute Gasteiger partial charge is 0.503 e. The minimum atomic E-state index is -0.403. The van der Waals surface area contributed by atoms with Crippen LogP contribution in [-0.2, 0) is 25.5 Å². The molecule has 1 N–H and O–H groups in total. The summed E-state index contributed by atoms with van der Waals surface area (Å²) in [6.45, 7) is 2.02. The Bertz CT molecular complexity index is 982. The van der Waals surface area contributed by atoms with E-state index < -0.39 is 5.97 Å². The number of rotatable bonds is 7. The lowest BCUT2D eigenvalue weighted by Crippen LogP contribution is -2.10. The van der Waals surface area contributed by atoms with Gasteiger partial charge in [-0.1, -0.05) is 24.3 Å². The van der Waals surface area contributed by atoms with Crippen molar-refractivity contribution >= 4 is 33.0 Å². The van der Waals surface area contributed by atoms with E-state index in [1.54, 1.807) is 17.5 Å². The number of fused-ring (bicyclic) bond motifs is 1. The minimum Gasteiger partial charge on any atom is -0.503 e. The normalized spacial score (nSPS) is 14.3. The number of ether oxygens (including phenoxy) is 2. The fraction of sp³-hybridized carbons (Fsp3) is 0.227. The van der Waals surface area contributed by atoms with Crippen molar-refractivity contribution in [1.29, 1.82) is 0 Å². The van der Waals surface area contributed by atoms with Crippen LogP contribution in [0, 0.1) is 0 Å². The molecule has 6 heteroatoms. The Balaban J connectivity index is 1.93. The molecule has 3 rings (SSSR count). The molecule has 0 saturated heterocycles. The van der Waals surface area contributed by atoms with E-state index in [2.05, 4.69) is 23.7 Å². The first-order valence-electron chi connectivity index (χ1n) is 8.94. The van der Waals surface area contributed by atoms with Crippen molar-refractivity contribution in [3.05, 3.63) is 76.7 Å². The molecule has 28 heavy (non-hydrogen) atoms. The maximum Gasteiger partial charge on any atom is 0.342 e. The maximum atomic E-state index is 12.3. The van der Waals surface area contributed by atoms with Crippen LogP contribution in [-0.4, -0.2) is 20.2 Å². The molecule has 1 aliphatic rings. The van der Waals surface area contributed by atoms with E-state index >= 15 is 0 Å². The number of benzene rings is 1. The summed E-state index contributed by atoms with van der Waals surface area (Å²) < 4.78 is 11.2. The van der Waals surface area contributed by atoms with Gasteiger partial charge in [-0.25, -0.2) is 10.3 Å². The number of hydroxylamine groups is 1. The Kier molecular flexibility index (Phi) is 6.55. The lowest BCUT2D eigenvalue weighted by molar-refractivity contribution is -0.133. The predicted molar refractivity (Wildman–Crippen MR) is 112 cm³/mol. The van der Waals surface area contributed by atoms with Gasteiger partial charge in [-0.15, -0.1) is 11.3 Å². The monoisotopic (exact) mass is 397 g/mol. The average Bonchev–Trinajstić information content (AvgIpc) is 3.10. The number of hydrogen-bond donors (Lipinski definition) is 1. The molecule has 0 radical (unpaired) electrons. The fourth-order valence-corrected chi connectivity index (χ4v) is 4.28. The third-order valence-electron chi connectivity index (χ3n) is 4.40. The standard InChI is InChI=1S/C22H23NO4S/c1-15(19-11-7-13-23-27-19)8-6-10-17-16-9-4-5-12-20(16)28-21(17)18(14-25-2)22(24)26-3/h4-5,7-9,11-14,23H,6,10H2,1-3H3. The van der Waals surface area contributed by atoms with E-state index in [4.69, 9.17) is 14.3 Å². The van der Waals surface area contributed by atoms with Gasteiger partial charge < -0.3 is 14.3 Å². The molecular formula is C22H23NO4S. The fourth-order valence-electron chi connectivity index (χ4n) is 3.04. The van der Waals surface area contributed by atoms with Crippen molar-refractivity contribution in [3.63, 3.8) is 0 Å². The highest BCUT2D eigenvalue weighted by atomic mass is 32.1. The summed E-state index contributed by atoms with van der Waals surface area (Å²) >= 11 is 1.58. The van der Waals surface area contributed by atoms with Crippen LogP contribution in [0.4, 0.5) is 0 Å². The van der Waals surface area contributed by atoms with Crippen LogP contribution >= 0.6 is 11.3 Å². The summed E-state index contributed by atoms with van der Waals surface area (Å²) in [6.07, 6.45) is 10.7. The van der Waals surface area contributed by atoms with Gasteiger partial charge in [-0.3, -0.25) is 0 Å². The first kappa shape index (κ1) is 19.8. The lowest BCUT2D eigenvalue weighted by Gasteiger charge is -2.12. The van der Waals surface area contributed by atoms with Crippen LogP contribution in [0.2, 0.25) is 0 Å². The average molecular weight is 397 g/mol. The van der Waals surface area contributed by atoms with Crippen LogP contribution in [0.25, 0.3) is 15.7 Å². The number of hydrogen-bond acceptors (Lipinski definition) is 6. The summed E-state index contributed by atoms with van der Waals surface area (Å²) in [6, 6.07) is 8.17. The second-order valence-corrected chi connectivity index (χ2v) is 7.25. The van der Waals surface area contributed by atoms with Crippen LogP contribution in [0.15, 0.2) is 66.3 Å². The molecule has 1 aromatic carbocycles. The Hall–Kier alpha value is -2.99. The molecule has 0 atom stereocenters. The third kappa shape index (κ3) is 4.28. The van der Waals surface area contributed by atoms with Crippen molar-refractivity contribution in [2.75, 3.05) is 14.2 Å². The second-order valence-electron chi connectivity index (χ2n) is 6.20. The smallest absolute Gasteiger partial charge is 0.342 e. The zero-order valence-electron chi connectivity index (χ0n) is 16.2. The van der Waals surface area contributed by atoms with Gasteiger partial charge in [0.05, 0.1) is 20.5 Å². The molecule has 0 saturated carbocycles. The number of carbonyl (C=O) groups excluding carboxylic acids is 1. The summed E-state index contributed by atoms with van der Waals surface area (Å²) in [5.41, 5.74) is 5.35. The second kappa shape index (κ2) is 9.28. The van der Waals surface area contributed by atoms with E-state index in [1.807, 2.05) is 31.2 Å². The molecule has 0 fully saturated rings. The Morgan fingerprint density at radius 2 is 2.11 bits per heavy atom. The van der Waals surface area contributed by atoms with Gasteiger partial charge in [0.15, 0.2) is 5.76 Å². The summed E-state index contributed by atoms with van der Waals surface area (Å²) in [5, 5.41) is 1.15. The van der Waals surface area contributed by atoms with E-state index in [0.29, 0.717) is 5.57 Å². The van der Waals surface area contributed by atoms with E-state index in [-0.39, 0.29) is 0 Å². The zero-order valence-corrected chi connectivity index (χ0v) is 17.0. The summed E-state index contributed by atoms with van der Waals surface area (Å²) in [7, 11) is 2.91. The number of carbonyl (C=O) groups is 1. The quantitative estimate of drug-likeness (QED) is 0.410. The van der Waals surface area contributed by atoms with Crippen LogP contribution < -0.4 is 5.48 Å². The van der Waals surface area contributed by atoms with Gasteiger partial charge in [0, 0.05) is 15.8 Å². The lowest BCUT2D eigenvalue weighted by atomic mass is 10.0. The molecule has 2 aromatic rings. The van der Waals surface area contributed by atoms with Crippen molar-refractivity contribution in [2.45, 2.75) is 19.8 Å². The third-order valence-corrected chi connectivity index (χ3v) is 5.64. The first-order chi connectivity index (χ1) is 13.7. The van der Waals surface area contributed by atoms with Crippen molar-refractivity contribution < 1.29 is 19.1 Å². The van der Waals surface area contributed by atoms with Gasteiger partial charge in [0.2, 0.25) is 0 Å². The van der Waals surface area contributed by atoms with E-state index in [1.165, 1.54) is 20.5 Å². The Morgan fingerprint density at radius 1 is 1.29 bits per heavy atom. The highest BCUT2D eigenvalue weighted by Gasteiger charge is 2.21. The number of esters is 1. The highest BCUT2D eigenvalue weighted by Crippen LogP contribution is 2.37. The van der Waals surface area contributed by atoms with Gasteiger partial charge in [-0.05, 0) is 54.5 Å². The predicted octanol–water partition coefficient (Wildman–Crippen LogP) is 4.87. The first-order valence-corrected chi connectivity index (χ1v) is 9.75. The van der Waals surface area contributed by atoms with Gasteiger partial charge >= 0.3 is 5.97 Å². The molecule has 1 aliphatic heterocycles. The molecule has 0 unspecified atom stereocenters. The molecular weight excluding hydrogens is 374 g/mol. The van der Waals surface area contributed by atoms with E-state index in [0.717, 1.165) is 44.7 Å². The van der Waals surface area contributed by atoms with Gasteiger partial charge in [0.1, 0.15) is 5.57 Å². The van der Waals surface area contributed by atoms with Gasteiger partial charge in [-0.2, -0.15) is 0 Å². The van der Waals surface area contributed by atoms with Crippen LogP contribution in [0.3, 0.4) is 0 Å². The number of allylic oxidation sites excluding steroid dienone is 4. The van der Waals surface area contributed by atoms with Gasteiger partial charge in [0.25, 0.3) is 0 Å². The van der Waals surface area contributed by atoms with Crippen molar-refractivity contribution in [3.8, 4) is 0 Å². The SMILES string of the molecule is COC=C(C(=O)OC)c1sc2ccccc2c1CCC=C(C)C1=CC=CNO1. The minimum absolute atomic E-state index is 0.403. The number of methoxy groups -OCH3 is 2. The highest BCUT2D eigenvalue weighted by molar-refractivity contribution is 7.20. The molecule has 5 nitrogen and oxygen atoms in total.